The molecule has 0 fully saturated rings. The fourth-order valence-electron chi connectivity index (χ4n) is 1.04. The first-order chi connectivity index (χ1) is 6.81. The van der Waals surface area contributed by atoms with Crippen molar-refractivity contribution in [3.8, 4) is 10.7 Å². The lowest BCUT2D eigenvalue weighted by Crippen LogP contribution is -1.83. The number of carbonyl (C=O) groups is 1. The summed E-state index contributed by atoms with van der Waals surface area (Å²) in [6, 6.07) is 0. The van der Waals surface area contributed by atoms with E-state index in [2.05, 4.69) is 15.0 Å². The van der Waals surface area contributed by atoms with Gasteiger partial charge in [-0.05, 0) is 6.92 Å². The van der Waals surface area contributed by atoms with E-state index in [1.54, 1.807) is 25.5 Å². The summed E-state index contributed by atoms with van der Waals surface area (Å²) in [4.78, 5) is 23.5. The number of hydrogen-bond donors (Lipinski definition) is 0. The SMILES string of the molecule is Cc1nc(-c2cnccn2)sc1C=O. The molecule has 0 saturated heterocycles. The second kappa shape index (κ2) is 3.63. The summed E-state index contributed by atoms with van der Waals surface area (Å²) in [7, 11) is 0. The summed E-state index contributed by atoms with van der Waals surface area (Å²) in [5.74, 6) is 0. The van der Waals surface area contributed by atoms with Crippen LogP contribution in [0.4, 0.5) is 0 Å². The largest absolute Gasteiger partial charge is 0.297 e. The lowest BCUT2D eigenvalue weighted by molar-refractivity contribution is 0.112. The molecule has 0 atom stereocenters. The highest BCUT2D eigenvalue weighted by Crippen LogP contribution is 2.24. The van der Waals surface area contributed by atoms with Crippen molar-refractivity contribution in [2.24, 2.45) is 0 Å². The highest BCUT2D eigenvalue weighted by molar-refractivity contribution is 7.16. The Bertz CT molecular complexity index is 452. The number of aldehydes is 1. The average molecular weight is 205 g/mol. The van der Waals surface area contributed by atoms with Crippen molar-refractivity contribution in [2.75, 3.05) is 0 Å². The van der Waals surface area contributed by atoms with E-state index in [0.29, 0.717) is 10.6 Å². The van der Waals surface area contributed by atoms with Crippen molar-refractivity contribution >= 4 is 17.6 Å². The number of rotatable bonds is 2. The second-order valence-electron chi connectivity index (χ2n) is 2.68. The predicted octanol–water partition coefficient (Wildman–Crippen LogP) is 1.72. The molecular formula is C9H7N3OS. The van der Waals surface area contributed by atoms with Crippen LogP contribution in [0.3, 0.4) is 0 Å². The maximum atomic E-state index is 10.6. The molecule has 2 aromatic heterocycles. The van der Waals surface area contributed by atoms with Crippen LogP contribution in [0.25, 0.3) is 10.7 Å². The lowest BCUT2D eigenvalue weighted by Gasteiger charge is -1.90. The first-order valence-corrected chi connectivity index (χ1v) is 4.82. The van der Waals surface area contributed by atoms with Crippen LogP contribution in [0, 0.1) is 6.92 Å². The molecule has 2 rings (SSSR count). The minimum Gasteiger partial charge on any atom is -0.297 e. The van der Waals surface area contributed by atoms with E-state index in [1.165, 1.54) is 11.3 Å². The van der Waals surface area contributed by atoms with Gasteiger partial charge in [-0.25, -0.2) is 4.98 Å². The van der Waals surface area contributed by atoms with E-state index < -0.39 is 0 Å². The van der Waals surface area contributed by atoms with Gasteiger partial charge in [-0.3, -0.25) is 14.8 Å². The van der Waals surface area contributed by atoms with Crippen molar-refractivity contribution in [2.45, 2.75) is 6.92 Å². The highest BCUT2D eigenvalue weighted by Gasteiger charge is 2.08. The third-order valence-corrected chi connectivity index (χ3v) is 2.83. The topological polar surface area (TPSA) is 55.7 Å². The van der Waals surface area contributed by atoms with Gasteiger partial charge in [0.25, 0.3) is 0 Å². The van der Waals surface area contributed by atoms with E-state index in [1.807, 2.05) is 0 Å². The number of aryl methyl sites for hydroxylation is 1. The van der Waals surface area contributed by atoms with Crippen LogP contribution < -0.4 is 0 Å². The van der Waals surface area contributed by atoms with Crippen LogP contribution in [0.5, 0.6) is 0 Å². The van der Waals surface area contributed by atoms with Gasteiger partial charge in [-0.15, -0.1) is 11.3 Å². The predicted molar refractivity (Wildman–Crippen MR) is 53.3 cm³/mol. The highest BCUT2D eigenvalue weighted by atomic mass is 32.1. The summed E-state index contributed by atoms with van der Waals surface area (Å²) >= 11 is 1.33. The molecule has 4 nitrogen and oxygen atoms in total. The monoisotopic (exact) mass is 205 g/mol. The summed E-state index contributed by atoms with van der Waals surface area (Å²) < 4.78 is 0. The van der Waals surface area contributed by atoms with Gasteiger partial charge in [0.15, 0.2) is 6.29 Å². The zero-order valence-corrected chi connectivity index (χ0v) is 8.28. The zero-order chi connectivity index (χ0) is 9.97. The minimum atomic E-state index is 0.644. The summed E-state index contributed by atoms with van der Waals surface area (Å²) in [6.45, 7) is 1.81. The zero-order valence-electron chi connectivity index (χ0n) is 7.47. The fourth-order valence-corrected chi connectivity index (χ4v) is 1.88. The molecule has 5 heteroatoms. The molecule has 0 spiro atoms. The molecule has 0 radical (unpaired) electrons. The van der Waals surface area contributed by atoms with Gasteiger partial charge in [-0.2, -0.15) is 0 Å². The van der Waals surface area contributed by atoms with Gasteiger partial charge in [-0.1, -0.05) is 0 Å². The Kier molecular flexibility index (Phi) is 2.32. The number of carbonyl (C=O) groups excluding carboxylic acids is 1. The molecule has 0 amide bonds. The van der Waals surface area contributed by atoms with Crippen molar-refractivity contribution in [1.29, 1.82) is 0 Å². The van der Waals surface area contributed by atoms with Gasteiger partial charge in [0.05, 0.1) is 16.8 Å². The standard InChI is InChI=1S/C9H7N3OS/c1-6-8(5-13)14-9(12-6)7-4-10-2-3-11-7/h2-5H,1H3. The second-order valence-corrected chi connectivity index (χ2v) is 3.71. The van der Waals surface area contributed by atoms with Crippen LogP contribution in [0.15, 0.2) is 18.6 Å². The fraction of sp³-hybridized carbons (Fsp3) is 0.111. The molecule has 0 unspecified atom stereocenters. The molecule has 2 aromatic rings. The summed E-state index contributed by atoms with van der Waals surface area (Å²) in [6.07, 6.45) is 5.65. The quantitative estimate of drug-likeness (QED) is 0.700. The van der Waals surface area contributed by atoms with E-state index in [0.717, 1.165) is 17.0 Å². The molecule has 0 aliphatic rings. The number of thiazole rings is 1. The van der Waals surface area contributed by atoms with Crippen LogP contribution >= 0.6 is 11.3 Å². The lowest BCUT2D eigenvalue weighted by atomic mass is 10.4. The maximum absolute atomic E-state index is 10.6. The smallest absolute Gasteiger partial charge is 0.161 e. The van der Waals surface area contributed by atoms with Crippen molar-refractivity contribution in [3.05, 3.63) is 29.2 Å². The molecule has 0 aliphatic carbocycles. The minimum absolute atomic E-state index is 0.644. The van der Waals surface area contributed by atoms with Gasteiger partial charge >= 0.3 is 0 Å². The van der Waals surface area contributed by atoms with E-state index in [4.69, 9.17) is 0 Å². The number of hydrogen-bond acceptors (Lipinski definition) is 5. The Morgan fingerprint density at radius 2 is 2.29 bits per heavy atom. The van der Waals surface area contributed by atoms with Crippen molar-refractivity contribution < 1.29 is 4.79 Å². The third kappa shape index (κ3) is 1.54. The first kappa shape index (κ1) is 8.96. The Hall–Kier alpha value is -1.62. The number of nitrogens with zero attached hydrogens (tertiary/aromatic N) is 3. The van der Waals surface area contributed by atoms with Gasteiger partial charge in [0.1, 0.15) is 10.7 Å². The molecule has 70 valence electrons. The van der Waals surface area contributed by atoms with Gasteiger partial charge in [0.2, 0.25) is 0 Å². The van der Waals surface area contributed by atoms with Crippen LogP contribution in [-0.2, 0) is 0 Å². The van der Waals surface area contributed by atoms with Crippen molar-refractivity contribution in [3.63, 3.8) is 0 Å². The Morgan fingerprint density at radius 3 is 2.86 bits per heavy atom. The average Bonchev–Trinajstić information content (AvgIpc) is 2.61. The third-order valence-electron chi connectivity index (χ3n) is 1.72. The Morgan fingerprint density at radius 1 is 1.43 bits per heavy atom. The normalized spacial score (nSPS) is 10.1. The van der Waals surface area contributed by atoms with E-state index in [9.17, 15) is 4.79 Å². The van der Waals surface area contributed by atoms with Crippen molar-refractivity contribution in [1.82, 2.24) is 15.0 Å². The van der Waals surface area contributed by atoms with Crippen LogP contribution in [0.2, 0.25) is 0 Å². The maximum Gasteiger partial charge on any atom is 0.161 e. The first-order valence-electron chi connectivity index (χ1n) is 4.00. The number of aromatic nitrogens is 3. The van der Waals surface area contributed by atoms with Gasteiger partial charge < -0.3 is 0 Å². The summed E-state index contributed by atoms with van der Waals surface area (Å²) in [5, 5.41) is 0.734. The van der Waals surface area contributed by atoms with E-state index >= 15 is 0 Å². The molecule has 0 bridgehead atoms. The molecule has 0 N–H and O–H groups in total. The molecule has 0 aromatic carbocycles. The molecule has 14 heavy (non-hydrogen) atoms. The van der Waals surface area contributed by atoms with E-state index in [-0.39, 0.29) is 0 Å². The molecule has 2 heterocycles. The van der Waals surface area contributed by atoms with Gasteiger partial charge in [0, 0.05) is 12.4 Å². The molecule has 0 saturated carbocycles. The Balaban J connectivity index is 2.48. The van der Waals surface area contributed by atoms with Crippen LogP contribution in [0.1, 0.15) is 15.4 Å². The molecular weight excluding hydrogens is 198 g/mol. The van der Waals surface area contributed by atoms with Crippen LogP contribution in [-0.4, -0.2) is 21.2 Å². The summed E-state index contributed by atoms with van der Waals surface area (Å²) in [5.41, 5.74) is 1.44. The Labute approximate surface area is 84.7 Å². The molecule has 0 aliphatic heterocycles.